The summed E-state index contributed by atoms with van der Waals surface area (Å²) in [4.78, 5) is 32.8. The van der Waals surface area contributed by atoms with E-state index in [1.165, 1.54) is 11.3 Å². The molecule has 2 N–H and O–H groups in total. The number of hydrogen-bond acceptors (Lipinski definition) is 5. The number of nitrogens with one attached hydrogen (secondary N) is 1. The van der Waals surface area contributed by atoms with Gasteiger partial charge in [-0.2, -0.15) is 0 Å². The topological polar surface area (TPSA) is 83.0 Å². The second kappa shape index (κ2) is 7.01. The van der Waals surface area contributed by atoms with Crippen LogP contribution < -0.4 is 5.56 Å². The number of hydrogen-bond donors (Lipinski definition) is 2. The van der Waals surface area contributed by atoms with Crippen LogP contribution in [0.3, 0.4) is 0 Å². The molecule has 0 saturated heterocycles. The van der Waals surface area contributed by atoms with Gasteiger partial charge in [0.2, 0.25) is 0 Å². The summed E-state index contributed by atoms with van der Waals surface area (Å²) in [6.45, 7) is 5.79. The highest BCUT2D eigenvalue weighted by molar-refractivity contribution is 8.00. The van der Waals surface area contributed by atoms with Crippen molar-refractivity contribution in [3.8, 4) is 11.1 Å². The quantitative estimate of drug-likeness (QED) is 0.516. The van der Waals surface area contributed by atoms with Gasteiger partial charge in [-0.05, 0) is 25.8 Å². The van der Waals surface area contributed by atoms with Crippen molar-refractivity contribution < 1.29 is 9.90 Å². The highest BCUT2D eigenvalue weighted by Gasteiger charge is 2.21. The van der Waals surface area contributed by atoms with E-state index in [1.54, 1.807) is 6.92 Å². The third-order valence-electron chi connectivity index (χ3n) is 3.96. The average Bonchev–Trinajstić information content (AvgIpc) is 2.89. The zero-order chi connectivity index (χ0) is 18.1. The number of carboxylic acids is 1. The Hall–Kier alpha value is -2.12. The first-order valence-corrected chi connectivity index (χ1v) is 9.60. The van der Waals surface area contributed by atoms with Crippen molar-refractivity contribution in [2.24, 2.45) is 0 Å². The number of H-pyrrole nitrogens is 1. The Labute approximate surface area is 153 Å². The minimum Gasteiger partial charge on any atom is -0.480 e. The van der Waals surface area contributed by atoms with Crippen LogP contribution in [0.2, 0.25) is 0 Å². The van der Waals surface area contributed by atoms with Crippen LogP contribution in [0.25, 0.3) is 21.3 Å². The number of aromatic nitrogens is 2. The van der Waals surface area contributed by atoms with Gasteiger partial charge in [0, 0.05) is 10.4 Å². The largest absolute Gasteiger partial charge is 0.480 e. The van der Waals surface area contributed by atoms with Crippen LogP contribution in [0.4, 0.5) is 0 Å². The van der Waals surface area contributed by atoms with Gasteiger partial charge >= 0.3 is 5.97 Å². The van der Waals surface area contributed by atoms with Crippen molar-refractivity contribution in [2.45, 2.75) is 37.6 Å². The molecule has 25 heavy (non-hydrogen) atoms. The van der Waals surface area contributed by atoms with E-state index in [0.717, 1.165) is 33.3 Å². The monoisotopic (exact) mass is 374 g/mol. The summed E-state index contributed by atoms with van der Waals surface area (Å²) in [6.07, 6.45) is 0.458. The number of aliphatic carboxylic acids is 1. The van der Waals surface area contributed by atoms with Crippen LogP contribution in [-0.2, 0) is 4.79 Å². The standard InChI is InChI=1S/C18H18N2O3S2/c1-4-12(17(22)23)25-18-19-15(21)14-13(10(3)24-16(14)20-18)11-7-5-9(2)6-8-11/h5-8,12H,4H2,1-3H3,(H,22,23)(H,19,20,21). The van der Waals surface area contributed by atoms with E-state index >= 15 is 0 Å². The molecule has 5 nitrogen and oxygen atoms in total. The van der Waals surface area contributed by atoms with Gasteiger partial charge < -0.3 is 10.1 Å². The molecule has 0 saturated carbocycles. The number of fused-ring (bicyclic) bond motifs is 1. The molecule has 1 unspecified atom stereocenters. The van der Waals surface area contributed by atoms with E-state index in [9.17, 15) is 14.7 Å². The second-order valence-electron chi connectivity index (χ2n) is 5.80. The van der Waals surface area contributed by atoms with Gasteiger partial charge in [0.15, 0.2) is 5.16 Å². The average molecular weight is 374 g/mol. The lowest BCUT2D eigenvalue weighted by Gasteiger charge is -2.08. The number of nitrogens with zero attached hydrogens (tertiary/aromatic N) is 1. The van der Waals surface area contributed by atoms with Crippen molar-refractivity contribution in [1.29, 1.82) is 0 Å². The molecule has 0 amide bonds. The minimum atomic E-state index is -0.905. The fourth-order valence-electron chi connectivity index (χ4n) is 2.67. The SMILES string of the molecule is CCC(Sc1nc2sc(C)c(-c3ccc(C)cc3)c2c(=O)[nH]1)C(=O)O. The first kappa shape index (κ1) is 17.7. The Bertz CT molecular complexity index is 990. The Morgan fingerprint density at radius 2 is 2.00 bits per heavy atom. The van der Waals surface area contributed by atoms with Crippen LogP contribution in [0, 0.1) is 13.8 Å². The van der Waals surface area contributed by atoms with Crippen LogP contribution >= 0.6 is 23.1 Å². The second-order valence-corrected chi connectivity index (χ2v) is 8.20. The highest BCUT2D eigenvalue weighted by atomic mass is 32.2. The summed E-state index contributed by atoms with van der Waals surface area (Å²) < 4.78 is 0. The lowest BCUT2D eigenvalue weighted by molar-refractivity contribution is -0.136. The molecule has 0 aliphatic carbocycles. The molecular formula is C18H18N2O3S2. The normalized spacial score (nSPS) is 12.4. The fraction of sp³-hybridized carbons (Fsp3) is 0.278. The smallest absolute Gasteiger partial charge is 0.317 e. The predicted molar refractivity (Wildman–Crippen MR) is 103 cm³/mol. The first-order valence-electron chi connectivity index (χ1n) is 7.90. The zero-order valence-corrected chi connectivity index (χ0v) is 15.8. The summed E-state index contributed by atoms with van der Waals surface area (Å²) in [5, 5.41) is 9.49. The third-order valence-corrected chi connectivity index (χ3v) is 6.19. The molecule has 0 fully saturated rings. The molecule has 2 heterocycles. The van der Waals surface area contributed by atoms with Gasteiger partial charge in [-0.15, -0.1) is 11.3 Å². The maximum Gasteiger partial charge on any atom is 0.317 e. The number of rotatable bonds is 5. The van der Waals surface area contributed by atoms with E-state index in [-0.39, 0.29) is 5.56 Å². The molecule has 1 atom stereocenters. The van der Waals surface area contributed by atoms with Gasteiger partial charge in [-0.3, -0.25) is 9.59 Å². The van der Waals surface area contributed by atoms with Gasteiger partial charge in [0.25, 0.3) is 5.56 Å². The molecule has 0 aliphatic rings. The van der Waals surface area contributed by atoms with Crippen molar-refractivity contribution in [3.05, 3.63) is 45.1 Å². The third kappa shape index (κ3) is 3.48. The zero-order valence-electron chi connectivity index (χ0n) is 14.1. The highest BCUT2D eigenvalue weighted by Crippen LogP contribution is 2.36. The predicted octanol–water partition coefficient (Wildman–Crippen LogP) is 4.22. The number of carbonyl (C=O) groups is 1. The molecule has 3 aromatic rings. The molecule has 2 aromatic heterocycles. The van der Waals surface area contributed by atoms with Crippen LogP contribution in [0.15, 0.2) is 34.2 Å². The molecular weight excluding hydrogens is 356 g/mol. The number of aromatic amines is 1. The van der Waals surface area contributed by atoms with Crippen molar-refractivity contribution in [1.82, 2.24) is 9.97 Å². The fourth-order valence-corrected chi connectivity index (χ4v) is 4.60. The van der Waals surface area contributed by atoms with E-state index < -0.39 is 11.2 Å². The van der Waals surface area contributed by atoms with Crippen LogP contribution in [0.5, 0.6) is 0 Å². The van der Waals surface area contributed by atoms with Gasteiger partial charge in [-0.1, -0.05) is 48.5 Å². The lowest BCUT2D eigenvalue weighted by atomic mass is 10.0. The molecule has 0 radical (unpaired) electrons. The number of thiophene rings is 1. The summed E-state index contributed by atoms with van der Waals surface area (Å²) in [5.41, 5.74) is 2.81. The lowest BCUT2D eigenvalue weighted by Crippen LogP contribution is -2.17. The van der Waals surface area contributed by atoms with E-state index in [0.29, 0.717) is 21.8 Å². The summed E-state index contributed by atoms with van der Waals surface area (Å²) in [7, 11) is 0. The number of thioether (sulfide) groups is 1. The van der Waals surface area contributed by atoms with Crippen molar-refractivity contribution in [2.75, 3.05) is 0 Å². The van der Waals surface area contributed by atoms with Gasteiger partial charge in [0.1, 0.15) is 10.1 Å². The van der Waals surface area contributed by atoms with Crippen molar-refractivity contribution in [3.63, 3.8) is 0 Å². The molecule has 1 aromatic carbocycles. The van der Waals surface area contributed by atoms with E-state index in [1.807, 2.05) is 38.1 Å². The Morgan fingerprint density at radius 1 is 1.32 bits per heavy atom. The maximum atomic E-state index is 12.7. The first-order chi connectivity index (χ1) is 11.9. The van der Waals surface area contributed by atoms with Crippen LogP contribution in [-0.4, -0.2) is 26.3 Å². The van der Waals surface area contributed by atoms with Gasteiger partial charge in [-0.25, -0.2) is 4.98 Å². The van der Waals surface area contributed by atoms with Gasteiger partial charge in [0.05, 0.1) is 5.39 Å². The molecule has 3 rings (SSSR count). The molecule has 7 heteroatoms. The van der Waals surface area contributed by atoms with E-state index in [4.69, 9.17) is 0 Å². The van der Waals surface area contributed by atoms with Crippen LogP contribution in [0.1, 0.15) is 23.8 Å². The Kier molecular flexibility index (Phi) is 4.96. The molecule has 130 valence electrons. The Balaban J connectivity index is 2.11. The maximum absolute atomic E-state index is 12.7. The molecule has 0 spiro atoms. The summed E-state index contributed by atoms with van der Waals surface area (Å²) in [5.74, 6) is -0.905. The number of carboxylic acid groups (broad SMARTS) is 1. The van der Waals surface area contributed by atoms with E-state index in [2.05, 4.69) is 9.97 Å². The molecule has 0 bridgehead atoms. The minimum absolute atomic E-state index is 0.229. The van der Waals surface area contributed by atoms with Crippen molar-refractivity contribution >= 4 is 39.3 Å². The summed E-state index contributed by atoms with van der Waals surface area (Å²) >= 11 is 2.54. The Morgan fingerprint density at radius 3 is 2.60 bits per heavy atom. The number of benzene rings is 1. The summed E-state index contributed by atoms with van der Waals surface area (Å²) in [6, 6.07) is 8.04. The number of aryl methyl sites for hydroxylation is 2. The molecule has 0 aliphatic heterocycles.